The molecule has 0 saturated heterocycles. The summed E-state index contributed by atoms with van der Waals surface area (Å²) in [6, 6.07) is 6.32. The fourth-order valence-corrected chi connectivity index (χ4v) is 2.86. The SMILES string of the molecule is CCn1c(Sc2ccc(CNC)cc2C)n[nH]c1=O. The van der Waals surface area contributed by atoms with Crippen LogP contribution in [0.5, 0.6) is 0 Å². The van der Waals surface area contributed by atoms with Crippen molar-refractivity contribution in [3.63, 3.8) is 0 Å². The van der Waals surface area contributed by atoms with Gasteiger partial charge >= 0.3 is 5.69 Å². The van der Waals surface area contributed by atoms with Gasteiger partial charge in [0, 0.05) is 18.0 Å². The Labute approximate surface area is 116 Å². The highest BCUT2D eigenvalue weighted by Gasteiger charge is 2.10. The summed E-state index contributed by atoms with van der Waals surface area (Å²) in [6.07, 6.45) is 0. The molecule has 0 aliphatic heterocycles. The summed E-state index contributed by atoms with van der Waals surface area (Å²) in [7, 11) is 1.93. The number of aromatic amines is 1. The molecule has 0 radical (unpaired) electrons. The highest BCUT2D eigenvalue weighted by Crippen LogP contribution is 2.28. The van der Waals surface area contributed by atoms with Gasteiger partial charge in [-0.05, 0) is 49.9 Å². The number of rotatable bonds is 5. The van der Waals surface area contributed by atoms with Crippen molar-refractivity contribution in [3.8, 4) is 0 Å². The van der Waals surface area contributed by atoms with Gasteiger partial charge in [0.05, 0.1) is 0 Å². The molecule has 0 unspecified atom stereocenters. The molecule has 0 atom stereocenters. The van der Waals surface area contributed by atoms with Crippen molar-refractivity contribution in [1.82, 2.24) is 20.1 Å². The van der Waals surface area contributed by atoms with Crippen molar-refractivity contribution < 1.29 is 0 Å². The van der Waals surface area contributed by atoms with E-state index in [1.807, 2.05) is 14.0 Å². The molecule has 0 bridgehead atoms. The van der Waals surface area contributed by atoms with E-state index in [2.05, 4.69) is 40.6 Å². The summed E-state index contributed by atoms with van der Waals surface area (Å²) in [5.41, 5.74) is 2.28. The summed E-state index contributed by atoms with van der Waals surface area (Å²) in [5, 5.41) is 10.4. The summed E-state index contributed by atoms with van der Waals surface area (Å²) < 4.78 is 1.63. The number of H-pyrrole nitrogens is 1. The van der Waals surface area contributed by atoms with Gasteiger partial charge in [0.25, 0.3) is 0 Å². The van der Waals surface area contributed by atoms with E-state index in [1.54, 1.807) is 4.57 Å². The summed E-state index contributed by atoms with van der Waals surface area (Å²) >= 11 is 1.51. The van der Waals surface area contributed by atoms with E-state index in [0.717, 1.165) is 11.4 Å². The van der Waals surface area contributed by atoms with Gasteiger partial charge in [-0.3, -0.25) is 4.57 Å². The third-order valence-electron chi connectivity index (χ3n) is 2.86. The maximum atomic E-state index is 11.5. The Morgan fingerprint density at radius 3 is 2.89 bits per heavy atom. The van der Waals surface area contributed by atoms with Crippen LogP contribution in [0.25, 0.3) is 0 Å². The number of nitrogens with one attached hydrogen (secondary N) is 2. The molecule has 0 fully saturated rings. The highest BCUT2D eigenvalue weighted by atomic mass is 32.2. The van der Waals surface area contributed by atoms with E-state index in [9.17, 15) is 4.79 Å². The molecule has 2 rings (SSSR count). The first-order valence-electron chi connectivity index (χ1n) is 6.23. The monoisotopic (exact) mass is 278 g/mol. The smallest absolute Gasteiger partial charge is 0.316 e. The van der Waals surface area contributed by atoms with Crippen LogP contribution in [0, 0.1) is 6.92 Å². The van der Waals surface area contributed by atoms with Crippen molar-refractivity contribution in [3.05, 3.63) is 39.8 Å². The third kappa shape index (κ3) is 3.08. The lowest BCUT2D eigenvalue weighted by Crippen LogP contribution is -2.16. The molecule has 1 aromatic heterocycles. The Balaban J connectivity index is 2.26. The minimum absolute atomic E-state index is 0.158. The minimum Gasteiger partial charge on any atom is -0.316 e. The summed E-state index contributed by atoms with van der Waals surface area (Å²) in [4.78, 5) is 12.6. The Morgan fingerprint density at radius 1 is 1.47 bits per heavy atom. The van der Waals surface area contributed by atoms with Crippen molar-refractivity contribution >= 4 is 11.8 Å². The molecule has 0 aliphatic rings. The van der Waals surface area contributed by atoms with Crippen molar-refractivity contribution in [2.75, 3.05) is 7.05 Å². The lowest BCUT2D eigenvalue weighted by atomic mass is 10.1. The van der Waals surface area contributed by atoms with E-state index in [4.69, 9.17) is 0 Å². The summed E-state index contributed by atoms with van der Waals surface area (Å²) in [5.74, 6) is 0. The lowest BCUT2D eigenvalue weighted by molar-refractivity contribution is 0.660. The van der Waals surface area contributed by atoms with Crippen LogP contribution in [0.3, 0.4) is 0 Å². The van der Waals surface area contributed by atoms with Crippen LogP contribution >= 0.6 is 11.8 Å². The van der Waals surface area contributed by atoms with Crippen molar-refractivity contribution in [2.45, 2.75) is 37.0 Å². The molecule has 1 heterocycles. The molecule has 19 heavy (non-hydrogen) atoms. The Hall–Kier alpha value is -1.53. The molecule has 5 nitrogen and oxygen atoms in total. The normalized spacial score (nSPS) is 10.9. The number of aromatic nitrogens is 3. The lowest BCUT2D eigenvalue weighted by Gasteiger charge is -2.08. The van der Waals surface area contributed by atoms with Gasteiger partial charge in [-0.2, -0.15) is 0 Å². The molecule has 6 heteroatoms. The Morgan fingerprint density at radius 2 is 2.26 bits per heavy atom. The first-order valence-corrected chi connectivity index (χ1v) is 7.04. The number of benzene rings is 1. The molecule has 102 valence electrons. The molecule has 2 N–H and O–H groups in total. The van der Waals surface area contributed by atoms with E-state index < -0.39 is 0 Å². The van der Waals surface area contributed by atoms with Crippen LogP contribution in [0.4, 0.5) is 0 Å². The number of hydrogen-bond donors (Lipinski definition) is 2. The van der Waals surface area contributed by atoms with Crippen LogP contribution in [-0.4, -0.2) is 21.8 Å². The second-order valence-corrected chi connectivity index (χ2v) is 5.30. The molecular weight excluding hydrogens is 260 g/mol. The number of hydrogen-bond acceptors (Lipinski definition) is 4. The molecule has 0 amide bonds. The molecule has 0 spiro atoms. The molecular formula is C13H18N4OS. The zero-order chi connectivity index (χ0) is 13.8. The standard InChI is InChI=1S/C13H18N4OS/c1-4-17-12(18)15-16-13(17)19-11-6-5-10(8-14-3)7-9(11)2/h5-7,14H,4,8H2,1-3H3,(H,15,18). The van der Waals surface area contributed by atoms with Crippen molar-refractivity contribution in [2.24, 2.45) is 0 Å². The molecule has 0 saturated carbocycles. The predicted molar refractivity (Wildman–Crippen MR) is 76.6 cm³/mol. The Bertz CT molecular complexity index is 617. The summed E-state index contributed by atoms with van der Waals surface area (Å²) in [6.45, 7) is 5.48. The van der Waals surface area contributed by atoms with E-state index in [0.29, 0.717) is 11.7 Å². The maximum absolute atomic E-state index is 11.5. The second kappa shape index (κ2) is 6.08. The van der Waals surface area contributed by atoms with Crippen LogP contribution in [0.15, 0.2) is 33.0 Å². The van der Waals surface area contributed by atoms with Gasteiger partial charge in [-0.15, -0.1) is 5.10 Å². The zero-order valence-corrected chi connectivity index (χ0v) is 12.2. The van der Waals surface area contributed by atoms with E-state index in [-0.39, 0.29) is 5.69 Å². The van der Waals surface area contributed by atoms with Crippen LogP contribution in [-0.2, 0) is 13.1 Å². The molecule has 2 aromatic rings. The molecule has 0 aliphatic carbocycles. The minimum atomic E-state index is -0.158. The van der Waals surface area contributed by atoms with Crippen LogP contribution < -0.4 is 11.0 Å². The fraction of sp³-hybridized carbons (Fsp3) is 0.385. The average Bonchev–Trinajstić information content (AvgIpc) is 2.73. The van der Waals surface area contributed by atoms with Crippen LogP contribution in [0.2, 0.25) is 0 Å². The third-order valence-corrected chi connectivity index (χ3v) is 4.03. The quantitative estimate of drug-likeness (QED) is 0.875. The van der Waals surface area contributed by atoms with Crippen LogP contribution in [0.1, 0.15) is 18.1 Å². The topological polar surface area (TPSA) is 62.7 Å². The maximum Gasteiger partial charge on any atom is 0.343 e. The fourth-order valence-electron chi connectivity index (χ4n) is 1.90. The van der Waals surface area contributed by atoms with Gasteiger partial charge in [0.15, 0.2) is 5.16 Å². The first kappa shape index (κ1) is 13.9. The Kier molecular flexibility index (Phi) is 4.44. The van der Waals surface area contributed by atoms with E-state index >= 15 is 0 Å². The largest absolute Gasteiger partial charge is 0.343 e. The van der Waals surface area contributed by atoms with E-state index in [1.165, 1.54) is 22.9 Å². The van der Waals surface area contributed by atoms with Crippen molar-refractivity contribution in [1.29, 1.82) is 0 Å². The van der Waals surface area contributed by atoms with Gasteiger partial charge in [0.1, 0.15) is 0 Å². The highest BCUT2D eigenvalue weighted by molar-refractivity contribution is 7.99. The first-order chi connectivity index (χ1) is 9.15. The number of nitrogens with zero attached hydrogens (tertiary/aromatic N) is 2. The average molecular weight is 278 g/mol. The zero-order valence-electron chi connectivity index (χ0n) is 11.4. The van der Waals surface area contributed by atoms with Gasteiger partial charge in [0.2, 0.25) is 0 Å². The van der Waals surface area contributed by atoms with Gasteiger partial charge < -0.3 is 5.32 Å². The second-order valence-electron chi connectivity index (χ2n) is 4.29. The van der Waals surface area contributed by atoms with Gasteiger partial charge in [-0.25, -0.2) is 9.89 Å². The molecule has 1 aromatic carbocycles. The number of aryl methyl sites for hydroxylation is 1. The van der Waals surface area contributed by atoms with Gasteiger partial charge in [-0.1, -0.05) is 12.1 Å². The predicted octanol–water partition coefficient (Wildman–Crippen LogP) is 1.77.